The summed E-state index contributed by atoms with van der Waals surface area (Å²) in [5.74, 6) is -0.275. The number of amides is 3. The summed E-state index contributed by atoms with van der Waals surface area (Å²) in [6.07, 6.45) is 0. The Kier molecular flexibility index (Phi) is 6.27. The van der Waals surface area contributed by atoms with Gasteiger partial charge in [-0.1, -0.05) is 18.2 Å². The summed E-state index contributed by atoms with van der Waals surface area (Å²) in [5.41, 5.74) is 0.698. The minimum Gasteiger partial charge on any atom is -0.383 e. The molecule has 3 N–H and O–H groups in total. The summed E-state index contributed by atoms with van der Waals surface area (Å²) in [4.78, 5) is 22.7. The summed E-state index contributed by atoms with van der Waals surface area (Å²) >= 11 is 0. The van der Waals surface area contributed by atoms with Crippen LogP contribution >= 0.6 is 0 Å². The van der Waals surface area contributed by atoms with E-state index in [4.69, 9.17) is 4.74 Å². The van der Waals surface area contributed by atoms with E-state index in [1.54, 1.807) is 19.2 Å². The molecule has 18 heavy (non-hydrogen) atoms. The molecule has 3 amide bonds. The normalized spacial score (nSPS) is 9.61. The van der Waals surface area contributed by atoms with Crippen LogP contribution in [0.2, 0.25) is 0 Å². The van der Waals surface area contributed by atoms with Crippen molar-refractivity contribution < 1.29 is 14.3 Å². The highest BCUT2D eigenvalue weighted by Gasteiger charge is 2.04. The highest BCUT2D eigenvalue weighted by molar-refractivity contribution is 5.94. The molecule has 1 aromatic carbocycles. The Balaban J connectivity index is 2.19. The number of carbonyl (C=O) groups excluding carboxylic acids is 2. The fourth-order valence-electron chi connectivity index (χ4n) is 1.22. The quantitative estimate of drug-likeness (QED) is 0.647. The van der Waals surface area contributed by atoms with Crippen LogP contribution in [0.5, 0.6) is 0 Å². The van der Waals surface area contributed by atoms with Crippen molar-refractivity contribution in [2.24, 2.45) is 0 Å². The fourth-order valence-corrected chi connectivity index (χ4v) is 1.22. The zero-order chi connectivity index (χ0) is 13.2. The van der Waals surface area contributed by atoms with E-state index in [2.05, 4.69) is 16.0 Å². The topological polar surface area (TPSA) is 79.5 Å². The first-order valence-corrected chi connectivity index (χ1v) is 5.58. The monoisotopic (exact) mass is 251 g/mol. The number of para-hydroxylation sites is 1. The number of carbonyl (C=O) groups is 2. The molecule has 6 heteroatoms. The van der Waals surface area contributed by atoms with Gasteiger partial charge in [-0.2, -0.15) is 0 Å². The molecule has 0 aromatic heterocycles. The molecule has 0 saturated carbocycles. The number of rotatable bonds is 6. The van der Waals surface area contributed by atoms with Gasteiger partial charge in [-0.25, -0.2) is 4.79 Å². The number of nitrogens with one attached hydrogen (secondary N) is 3. The molecule has 0 spiro atoms. The number of benzene rings is 1. The molecule has 0 saturated heterocycles. The molecular formula is C12H17N3O3. The Morgan fingerprint density at radius 1 is 1.17 bits per heavy atom. The van der Waals surface area contributed by atoms with Crippen molar-refractivity contribution >= 4 is 17.6 Å². The predicted molar refractivity (Wildman–Crippen MR) is 68.3 cm³/mol. The van der Waals surface area contributed by atoms with Gasteiger partial charge >= 0.3 is 6.03 Å². The smallest absolute Gasteiger partial charge is 0.315 e. The van der Waals surface area contributed by atoms with Crippen molar-refractivity contribution in [1.29, 1.82) is 0 Å². The van der Waals surface area contributed by atoms with Crippen LogP contribution < -0.4 is 16.0 Å². The van der Waals surface area contributed by atoms with E-state index in [-0.39, 0.29) is 12.5 Å². The zero-order valence-corrected chi connectivity index (χ0v) is 10.2. The number of hydrogen-bond acceptors (Lipinski definition) is 3. The molecule has 1 rings (SSSR count). The maximum absolute atomic E-state index is 11.5. The van der Waals surface area contributed by atoms with Crippen molar-refractivity contribution in [1.82, 2.24) is 10.6 Å². The first-order chi connectivity index (χ1) is 8.72. The highest BCUT2D eigenvalue weighted by Crippen LogP contribution is 2.03. The van der Waals surface area contributed by atoms with E-state index < -0.39 is 6.03 Å². The van der Waals surface area contributed by atoms with Gasteiger partial charge in [0.05, 0.1) is 13.2 Å². The first kappa shape index (κ1) is 14.0. The average molecular weight is 251 g/mol. The molecule has 1 aromatic rings. The van der Waals surface area contributed by atoms with Crippen LogP contribution in [0.15, 0.2) is 30.3 Å². The third kappa shape index (κ3) is 5.86. The number of methoxy groups -OCH3 is 1. The van der Waals surface area contributed by atoms with Crippen LogP contribution in [-0.4, -0.2) is 38.7 Å². The summed E-state index contributed by atoms with van der Waals surface area (Å²) in [6.45, 7) is 0.764. The number of urea groups is 1. The molecule has 98 valence electrons. The second-order valence-corrected chi connectivity index (χ2v) is 3.52. The third-order valence-electron chi connectivity index (χ3n) is 2.06. The summed E-state index contributed by atoms with van der Waals surface area (Å²) in [6, 6.07) is 8.65. The molecule has 0 aliphatic heterocycles. The lowest BCUT2D eigenvalue weighted by molar-refractivity contribution is -0.115. The Labute approximate surface area is 106 Å². The lowest BCUT2D eigenvalue weighted by Crippen LogP contribution is -2.41. The minimum atomic E-state index is -0.393. The minimum absolute atomic E-state index is 0.0757. The number of ether oxygens (including phenoxy) is 1. The molecule has 0 unspecified atom stereocenters. The van der Waals surface area contributed by atoms with Crippen LogP contribution in [0.25, 0.3) is 0 Å². The summed E-state index contributed by atoms with van der Waals surface area (Å²) in [7, 11) is 1.55. The van der Waals surface area contributed by atoms with Gasteiger partial charge in [-0.3, -0.25) is 4.79 Å². The van der Waals surface area contributed by atoms with Crippen LogP contribution in [0.1, 0.15) is 0 Å². The van der Waals surface area contributed by atoms with Crippen LogP contribution in [0.4, 0.5) is 10.5 Å². The lowest BCUT2D eigenvalue weighted by atomic mass is 10.3. The fraction of sp³-hybridized carbons (Fsp3) is 0.333. The maximum atomic E-state index is 11.5. The average Bonchev–Trinajstić information content (AvgIpc) is 2.38. The highest BCUT2D eigenvalue weighted by atomic mass is 16.5. The summed E-state index contributed by atoms with van der Waals surface area (Å²) in [5, 5.41) is 7.65. The van der Waals surface area contributed by atoms with Crippen LogP contribution in [-0.2, 0) is 9.53 Å². The second-order valence-electron chi connectivity index (χ2n) is 3.52. The van der Waals surface area contributed by atoms with E-state index in [9.17, 15) is 9.59 Å². The van der Waals surface area contributed by atoms with E-state index in [0.29, 0.717) is 18.8 Å². The van der Waals surface area contributed by atoms with Crippen LogP contribution in [0, 0.1) is 0 Å². The van der Waals surface area contributed by atoms with Gasteiger partial charge in [0.1, 0.15) is 0 Å². The molecule has 0 atom stereocenters. The number of anilines is 1. The van der Waals surface area contributed by atoms with Gasteiger partial charge in [0, 0.05) is 19.3 Å². The van der Waals surface area contributed by atoms with Gasteiger partial charge < -0.3 is 20.7 Å². The predicted octanol–water partition coefficient (Wildman–Crippen LogP) is 0.571. The molecular weight excluding hydrogens is 234 g/mol. The molecule has 0 aliphatic carbocycles. The molecule has 0 aliphatic rings. The second kappa shape index (κ2) is 8.08. The standard InChI is InChI=1S/C12H17N3O3/c1-18-8-7-13-12(17)14-9-11(16)15-10-5-3-2-4-6-10/h2-6H,7-9H2,1H3,(H,15,16)(H2,13,14,17). The zero-order valence-electron chi connectivity index (χ0n) is 10.2. The lowest BCUT2D eigenvalue weighted by Gasteiger charge is -2.07. The van der Waals surface area contributed by atoms with E-state index in [0.717, 1.165) is 0 Å². The van der Waals surface area contributed by atoms with Crippen molar-refractivity contribution in [2.75, 3.05) is 32.1 Å². The Morgan fingerprint density at radius 2 is 1.89 bits per heavy atom. The Bertz CT molecular complexity index is 381. The summed E-state index contributed by atoms with van der Waals surface area (Å²) < 4.78 is 4.78. The number of hydrogen-bond donors (Lipinski definition) is 3. The Morgan fingerprint density at radius 3 is 2.56 bits per heavy atom. The van der Waals surface area contributed by atoms with Crippen molar-refractivity contribution in [3.05, 3.63) is 30.3 Å². The van der Waals surface area contributed by atoms with Crippen molar-refractivity contribution in [3.8, 4) is 0 Å². The largest absolute Gasteiger partial charge is 0.383 e. The maximum Gasteiger partial charge on any atom is 0.315 e. The molecule has 0 fully saturated rings. The molecule has 6 nitrogen and oxygen atoms in total. The SMILES string of the molecule is COCCNC(=O)NCC(=O)Nc1ccccc1. The van der Waals surface area contributed by atoms with E-state index in [1.807, 2.05) is 18.2 Å². The molecule has 0 radical (unpaired) electrons. The molecule has 0 bridgehead atoms. The van der Waals surface area contributed by atoms with Gasteiger partial charge in [-0.15, -0.1) is 0 Å². The third-order valence-corrected chi connectivity index (χ3v) is 2.06. The first-order valence-electron chi connectivity index (χ1n) is 5.58. The van der Waals surface area contributed by atoms with E-state index >= 15 is 0 Å². The van der Waals surface area contributed by atoms with Crippen molar-refractivity contribution in [2.45, 2.75) is 0 Å². The van der Waals surface area contributed by atoms with Crippen molar-refractivity contribution in [3.63, 3.8) is 0 Å². The Hall–Kier alpha value is -2.08. The van der Waals surface area contributed by atoms with E-state index in [1.165, 1.54) is 0 Å². The van der Waals surface area contributed by atoms with Crippen LogP contribution in [0.3, 0.4) is 0 Å². The van der Waals surface area contributed by atoms with Gasteiger partial charge in [0.25, 0.3) is 0 Å². The molecule has 0 heterocycles. The van der Waals surface area contributed by atoms with Gasteiger partial charge in [0.15, 0.2) is 0 Å². The van der Waals surface area contributed by atoms with Gasteiger partial charge in [0.2, 0.25) is 5.91 Å². The van der Waals surface area contributed by atoms with Gasteiger partial charge in [-0.05, 0) is 12.1 Å².